The lowest BCUT2D eigenvalue weighted by Crippen LogP contribution is -2.31. The normalized spacial score (nSPS) is 28.2. The van der Waals surface area contributed by atoms with Crippen LogP contribution in [0, 0.1) is 0 Å². The van der Waals surface area contributed by atoms with Crippen molar-refractivity contribution in [1.82, 2.24) is 0 Å². The zero-order valence-electron chi connectivity index (χ0n) is 8.55. The Morgan fingerprint density at radius 3 is 2.92 bits per heavy atom. The Hall–Kier alpha value is 0.660. The minimum atomic E-state index is 0.467. The van der Waals surface area contributed by atoms with Crippen molar-refractivity contribution in [1.29, 1.82) is 0 Å². The monoisotopic (exact) mass is 219 g/mol. The molecule has 0 spiro atoms. The zero-order chi connectivity index (χ0) is 9.57. The molecular formula is C10H21NS2. The second kappa shape index (κ2) is 6.20. The van der Waals surface area contributed by atoms with E-state index in [0.717, 1.165) is 6.54 Å². The SMILES string of the molecule is CCSCCCC1(CN)CCCS1. The Bertz CT molecular complexity index is 133. The third-order valence-electron chi connectivity index (χ3n) is 2.68. The first-order chi connectivity index (χ1) is 6.33. The maximum Gasteiger partial charge on any atom is 0.0282 e. The van der Waals surface area contributed by atoms with Crippen LogP contribution in [0.5, 0.6) is 0 Å². The molecule has 1 saturated heterocycles. The first-order valence-electron chi connectivity index (χ1n) is 5.25. The molecule has 13 heavy (non-hydrogen) atoms. The molecule has 1 atom stereocenters. The topological polar surface area (TPSA) is 26.0 Å². The summed E-state index contributed by atoms with van der Waals surface area (Å²) in [6, 6.07) is 0. The molecule has 1 rings (SSSR count). The molecule has 3 heteroatoms. The highest BCUT2D eigenvalue weighted by Gasteiger charge is 2.32. The number of thioether (sulfide) groups is 2. The van der Waals surface area contributed by atoms with Crippen molar-refractivity contribution < 1.29 is 0 Å². The van der Waals surface area contributed by atoms with Crippen LogP contribution in [-0.4, -0.2) is 28.6 Å². The van der Waals surface area contributed by atoms with Gasteiger partial charge in [-0.25, -0.2) is 0 Å². The lowest BCUT2D eigenvalue weighted by Gasteiger charge is -2.25. The summed E-state index contributed by atoms with van der Waals surface area (Å²) in [5, 5.41) is 0. The highest BCUT2D eigenvalue weighted by Crippen LogP contribution is 2.40. The summed E-state index contributed by atoms with van der Waals surface area (Å²) in [7, 11) is 0. The third kappa shape index (κ3) is 3.72. The molecule has 1 unspecified atom stereocenters. The molecule has 0 aromatic heterocycles. The predicted octanol–water partition coefficient (Wildman–Crippen LogP) is 2.74. The Balaban J connectivity index is 2.16. The molecule has 1 heterocycles. The third-order valence-corrected chi connectivity index (χ3v) is 5.35. The fourth-order valence-corrected chi connectivity index (χ4v) is 3.91. The second-order valence-electron chi connectivity index (χ2n) is 3.64. The lowest BCUT2D eigenvalue weighted by molar-refractivity contribution is 0.522. The fraction of sp³-hybridized carbons (Fsp3) is 1.00. The van der Waals surface area contributed by atoms with Gasteiger partial charge in [0.25, 0.3) is 0 Å². The number of nitrogens with two attached hydrogens (primary N) is 1. The van der Waals surface area contributed by atoms with E-state index in [2.05, 4.69) is 30.4 Å². The van der Waals surface area contributed by atoms with Gasteiger partial charge in [0.05, 0.1) is 0 Å². The van der Waals surface area contributed by atoms with Crippen molar-refractivity contribution in [3.63, 3.8) is 0 Å². The van der Waals surface area contributed by atoms with Gasteiger partial charge in [-0.05, 0) is 42.9 Å². The lowest BCUT2D eigenvalue weighted by atomic mass is 9.98. The minimum absolute atomic E-state index is 0.467. The highest BCUT2D eigenvalue weighted by atomic mass is 32.2. The van der Waals surface area contributed by atoms with Gasteiger partial charge in [-0.1, -0.05) is 6.92 Å². The van der Waals surface area contributed by atoms with Crippen molar-refractivity contribution in [2.75, 3.05) is 23.8 Å². The summed E-state index contributed by atoms with van der Waals surface area (Å²) >= 11 is 4.16. The molecule has 1 aliphatic rings. The van der Waals surface area contributed by atoms with Crippen LogP contribution in [0.15, 0.2) is 0 Å². The molecule has 0 amide bonds. The molecule has 0 aliphatic carbocycles. The molecule has 1 nitrogen and oxygen atoms in total. The molecule has 1 fully saturated rings. The van der Waals surface area contributed by atoms with Crippen molar-refractivity contribution in [2.24, 2.45) is 5.73 Å². The van der Waals surface area contributed by atoms with E-state index in [1.807, 2.05) is 0 Å². The fourth-order valence-electron chi connectivity index (χ4n) is 1.86. The number of hydrogen-bond acceptors (Lipinski definition) is 3. The van der Waals surface area contributed by atoms with E-state index in [1.54, 1.807) is 0 Å². The zero-order valence-corrected chi connectivity index (χ0v) is 10.2. The van der Waals surface area contributed by atoms with Gasteiger partial charge in [-0.3, -0.25) is 0 Å². The van der Waals surface area contributed by atoms with Crippen LogP contribution in [-0.2, 0) is 0 Å². The van der Waals surface area contributed by atoms with Crippen LogP contribution >= 0.6 is 23.5 Å². The Labute approximate surface area is 90.6 Å². The van der Waals surface area contributed by atoms with Gasteiger partial charge in [0.1, 0.15) is 0 Å². The highest BCUT2D eigenvalue weighted by molar-refractivity contribution is 8.01. The van der Waals surface area contributed by atoms with Gasteiger partial charge >= 0.3 is 0 Å². The Kier molecular flexibility index (Phi) is 5.60. The Morgan fingerprint density at radius 2 is 2.38 bits per heavy atom. The van der Waals surface area contributed by atoms with Crippen LogP contribution in [0.4, 0.5) is 0 Å². The molecule has 0 aromatic carbocycles. The van der Waals surface area contributed by atoms with E-state index in [-0.39, 0.29) is 0 Å². The first-order valence-corrected chi connectivity index (χ1v) is 7.39. The molecule has 0 aromatic rings. The molecule has 0 saturated carbocycles. The van der Waals surface area contributed by atoms with Crippen LogP contribution in [0.2, 0.25) is 0 Å². The minimum Gasteiger partial charge on any atom is -0.329 e. The summed E-state index contributed by atoms with van der Waals surface area (Å²) in [5.74, 6) is 3.90. The van der Waals surface area contributed by atoms with Gasteiger partial charge in [-0.15, -0.1) is 0 Å². The molecular weight excluding hydrogens is 198 g/mol. The second-order valence-corrected chi connectivity index (χ2v) is 6.60. The van der Waals surface area contributed by atoms with Crippen LogP contribution in [0.1, 0.15) is 32.6 Å². The van der Waals surface area contributed by atoms with Gasteiger partial charge in [0.2, 0.25) is 0 Å². The summed E-state index contributed by atoms with van der Waals surface area (Å²) in [4.78, 5) is 0. The van der Waals surface area contributed by atoms with E-state index >= 15 is 0 Å². The number of rotatable bonds is 6. The Morgan fingerprint density at radius 1 is 1.54 bits per heavy atom. The quantitative estimate of drug-likeness (QED) is 0.696. The molecule has 0 radical (unpaired) electrons. The van der Waals surface area contributed by atoms with Crippen LogP contribution < -0.4 is 5.73 Å². The average molecular weight is 219 g/mol. The maximum absolute atomic E-state index is 5.86. The van der Waals surface area contributed by atoms with Crippen molar-refractivity contribution in [3.05, 3.63) is 0 Å². The van der Waals surface area contributed by atoms with E-state index < -0.39 is 0 Å². The van der Waals surface area contributed by atoms with Gasteiger partial charge < -0.3 is 5.73 Å². The van der Waals surface area contributed by atoms with E-state index in [9.17, 15) is 0 Å². The van der Waals surface area contributed by atoms with Crippen LogP contribution in [0.25, 0.3) is 0 Å². The first kappa shape index (κ1) is 11.7. The van der Waals surface area contributed by atoms with Crippen molar-refractivity contribution in [3.8, 4) is 0 Å². The molecule has 1 aliphatic heterocycles. The van der Waals surface area contributed by atoms with Crippen LogP contribution in [0.3, 0.4) is 0 Å². The summed E-state index contributed by atoms with van der Waals surface area (Å²) in [6.07, 6.45) is 5.41. The summed E-state index contributed by atoms with van der Waals surface area (Å²) in [6.45, 7) is 3.11. The van der Waals surface area contributed by atoms with Crippen molar-refractivity contribution in [2.45, 2.75) is 37.4 Å². The smallest absolute Gasteiger partial charge is 0.0282 e. The van der Waals surface area contributed by atoms with E-state index in [0.29, 0.717) is 4.75 Å². The average Bonchev–Trinajstić information content (AvgIpc) is 2.62. The molecule has 0 bridgehead atoms. The summed E-state index contributed by atoms with van der Waals surface area (Å²) in [5.41, 5.74) is 5.86. The standard InChI is InChI=1S/C10H21NS2/c1-2-12-7-3-5-10(9-11)6-4-8-13-10/h2-9,11H2,1H3. The van der Waals surface area contributed by atoms with Gasteiger partial charge in [-0.2, -0.15) is 23.5 Å². The van der Waals surface area contributed by atoms with E-state index in [4.69, 9.17) is 5.73 Å². The predicted molar refractivity (Wildman–Crippen MR) is 65.7 cm³/mol. The van der Waals surface area contributed by atoms with E-state index in [1.165, 1.54) is 42.9 Å². The van der Waals surface area contributed by atoms with Crippen molar-refractivity contribution >= 4 is 23.5 Å². The molecule has 2 N–H and O–H groups in total. The largest absolute Gasteiger partial charge is 0.329 e. The van der Waals surface area contributed by atoms with Gasteiger partial charge in [0.15, 0.2) is 0 Å². The number of hydrogen-bond donors (Lipinski definition) is 1. The maximum atomic E-state index is 5.86. The molecule has 78 valence electrons. The summed E-state index contributed by atoms with van der Waals surface area (Å²) < 4.78 is 0.467. The van der Waals surface area contributed by atoms with Gasteiger partial charge in [0, 0.05) is 11.3 Å².